The summed E-state index contributed by atoms with van der Waals surface area (Å²) in [5, 5.41) is 10.3. The molecule has 0 spiro atoms. The first-order chi connectivity index (χ1) is 16.0. The highest BCUT2D eigenvalue weighted by atomic mass is 32.1. The highest BCUT2D eigenvalue weighted by molar-refractivity contribution is 7.11. The predicted molar refractivity (Wildman–Crippen MR) is 126 cm³/mol. The predicted octanol–water partition coefficient (Wildman–Crippen LogP) is 3.59. The molecule has 182 valence electrons. The van der Waals surface area contributed by atoms with Gasteiger partial charge in [-0.15, -0.1) is 11.3 Å². The second-order valence-corrected chi connectivity index (χ2v) is 10.7. The molecular weight excluding hydrogens is 456 g/mol. The first-order valence-corrected chi connectivity index (χ1v) is 12.1. The third-order valence-corrected chi connectivity index (χ3v) is 6.66. The van der Waals surface area contributed by atoms with E-state index in [9.17, 15) is 24.3 Å². The number of thiazole rings is 1. The fourth-order valence-corrected chi connectivity index (χ4v) is 4.92. The molecule has 2 aromatic rings. The van der Waals surface area contributed by atoms with E-state index in [0.717, 1.165) is 15.3 Å². The zero-order valence-corrected chi connectivity index (χ0v) is 20.6. The number of carbonyl (C=O) groups excluding carboxylic acids is 3. The molecule has 2 amide bonds. The first-order valence-electron chi connectivity index (χ1n) is 11.3. The van der Waals surface area contributed by atoms with Crippen molar-refractivity contribution in [3.63, 3.8) is 0 Å². The summed E-state index contributed by atoms with van der Waals surface area (Å²) in [6.07, 6.45) is 2.49. The van der Waals surface area contributed by atoms with E-state index < -0.39 is 35.3 Å². The second kappa shape index (κ2) is 10.5. The molecule has 2 heterocycles. The van der Waals surface area contributed by atoms with Gasteiger partial charge in [0.05, 0.1) is 12.3 Å². The number of nitrogens with zero attached hydrogens (tertiary/aromatic N) is 2. The quantitative estimate of drug-likeness (QED) is 0.425. The van der Waals surface area contributed by atoms with Crippen molar-refractivity contribution < 1.29 is 29.0 Å². The normalized spacial score (nSPS) is 18.8. The molecule has 1 fully saturated rings. The van der Waals surface area contributed by atoms with E-state index in [2.05, 4.69) is 4.98 Å². The standard InChI is InChI=1S/C25H30N2O6S/c1-15(16-8-6-5-7-9-16)12-20(28)27-22(24(31)32)18(23(27)30)11-10-17-14-26-19(34-17)13-21(29)33-25(2,3)4/h5-9,14-15,18,22H,10-13H2,1-4H3,(H,31,32)/t15-,18?,22-/m0/s1. The topological polar surface area (TPSA) is 114 Å². The Bertz CT molecular complexity index is 1060. The summed E-state index contributed by atoms with van der Waals surface area (Å²) >= 11 is 1.34. The molecule has 1 unspecified atom stereocenters. The van der Waals surface area contributed by atoms with Gasteiger partial charge in [-0.2, -0.15) is 0 Å². The van der Waals surface area contributed by atoms with Crippen molar-refractivity contribution in [2.24, 2.45) is 5.92 Å². The summed E-state index contributed by atoms with van der Waals surface area (Å²) in [4.78, 5) is 55.3. The van der Waals surface area contributed by atoms with Crippen LogP contribution in [0.4, 0.5) is 0 Å². The Balaban J connectivity index is 1.56. The Morgan fingerprint density at radius 3 is 2.50 bits per heavy atom. The lowest BCUT2D eigenvalue weighted by atomic mass is 9.82. The third-order valence-electron chi connectivity index (χ3n) is 5.60. The summed E-state index contributed by atoms with van der Waals surface area (Å²) in [5.74, 6) is -3.35. The zero-order chi connectivity index (χ0) is 25.0. The number of ether oxygens (including phenoxy) is 1. The number of β-lactam (4-membered cyclic amide) rings is 1. The van der Waals surface area contributed by atoms with Crippen LogP contribution in [0, 0.1) is 5.92 Å². The highest BCUT2D eigenvalue weighted by Gasteiger charge is 2.54. The van der Waals surface area contributed by atoms with E-state index in [-0.39, 0.29) is 24.7 Å². The molecule has 3 rings (SSSR count). The molecule has 1 aromatic carbocycles. The van der Waals surface area contributed by atoms with Crippen LogP contribution >= 0.6 is 11.3 Å². The average Bonchev–Trinajstić information content (AvgIpc) is 3.17. The number of hydrogen-bond acceptors (Lipinski definition) is 7. The van der Waals surface area contributed by atoms with Crippen LogP contribution in [0.25, 0.3) is 0 Å². The Morgan fingerprint density at radius 1 is 1.21 bits per heavy atom. The van der Waals surface area contributed by atoms with Gasteiger partial charge in [0.15, 0.2) is 0 Å². The van der Waals surface area contributed by atoms with Crippen LogP contribution in [-0.2, 0) is 36.8 Å². The number of esters is 1. The maximum Gasteiger partial charge on any atom is 0.327 e. The summed E-state index contributed by atoms with van der Waals surface area (Å²) in [6, 6.07) is 8.28. The van der Waals surface area contributed by atoms with Crippen LogP contribution in [-0.4, -0.2) is 50.4 Å². The maximum atomic E-state index is 12.7. The van der Waals surface area contributed by atoms with E-state index in [1.807, 2.05) is 37.3 Å². The number of carboxylic acids is 1. The van der Waals surface area contributed by atoms with Crippen LogP contribution in [0.1, 0.15) is 61.9 Å². The van der Waals surface area contributed by atoms with Gasteiger partial charge in [-0.3, -0.25) is 19.3 Å². The number of rotatable bonds is 9. The fourth-order valence-electron chi connectivity index (χ4n) is 3.99. The number of aromatic nitrogens is 1. The number of imide groups is 1. The van der Waals surface area contributed by atoms with Crippen LogP contribution in [0.2, 0.25) is 0 Å². The summed E-state index contributed by atoms with van der Waals surface area (Å²) < 4.78 is 5.30. The van der Waals surface area contributed by atoms with Gasteiger partial charge in [-0.05, 0) is 45.1 Å². The van der Waals surface area contributed by atoms with E-state index in [0.29, 0.717) is 17.8 Å². The third kappa shape index (κ3) is 6.28. The van der Waals surface area contributed by atoms with Crippen LogP contribution < -0.4 is 0 Å². The van der Waals surface area contributed by atoms with Crippen LogP contribution in [0.5, 0.6) is 0 Å². The summed E-state index contributed by atoms with van der Waals surface area (Å²) in [6.45, 7) is 7.26. The number of hydrogen-bond donors (Lipinski definition) is 1. The second-order valence-electron chi connectivity index (χ2n) is 9.53. The molecule has 0 aliphatic carbocycles. The molecule has 0 saturated carbocycles. The average molecular weight is 487 g/mol. The van der Waals surface area contributed by atoms with E-state index in [4.69, 9.17) is 4.74 Å². The van der Waals surface area contributed by atoms with E-state index in [1.54, 1.807) is 27.0 Å². The molecule has 9 heteroatoms. The van der Waals surface area contributed by atoms with E-state index in [1.165, 1.54) is 11.3 Å². The smallest absolute Gasteiger partial charge is 0.327 e. The molecule has 0 radical (unpaired) electrons. The lowest BCUT2D eigenvalue weighted by Crippen LogP contribution is -2.66. The number of benzene rings is 1. The zero-order valence-electron chi connectivity index (χ0n) is 19.8. The molecule has 8 nitrogen and oxygen atoms in total. The van der Waals surface area contributed by atoms with Crippen molar-refractivity contribution in [2.75, 3.05) is 0 Å². The number of carbonyl (C=O) groups is 4. The SMILES string of the molecule is C[C@@H](CC(=O)N1C(=O)C(CCc2cnc(CC(=O)OC(C)(C)C)s2)[C@H]1C(=O)O)c1ccccc1. The number of likely N-dealkylation sites (tertiary alicyclic amines) is 1. The maximum absolute atomic E-state index is 12.7. The van der Waals surface area contributed by atoms with Gasteiger partial charge in [0, 0.05) is 17.5 Å². The minimum Gasteiger partial charge on any atom is -0.480 e. The summed E-state index contributed by atoms with van der Waals surface area (Å²) in [7, 11) is 0. The summed E-state index contributed by atoms with van der Waals surface area (Å²) in [5.41, 5.74) is 0.384. The van der Waals surface area contributed by atoms with Gasteiger partial charge in [-0.25, -0.2) is 9.78 Å². The first kappa shape index (κ1) is 25.6. The molecule has 1 aliphatic heterocycles. The molecule has 1 aromatic heterocycles. The van der Waals surface area contributed by atoms with Crippen molar-refractivity contribution in [1.29, 1.82) is 0 Å². The Kier molecular flexibility index (Phi) is 7.86. The molecule has 1 aliphatic rings. The highest BCUT2D eigenvalue weighted by Crippen LogP contribution is 2.34. The monoisotopic (exact) mass is 486 g/mol. The largest absolute Gasteiger partial charge is 0.480 e. The minimum absolute atomic E-state index is 0.0594. The molecule has 0 bridgehead atoms. The number of carboxylic acid groups (broad SMARTS) is 1. The van der Waals surface area contributed by atoms with Crippen molar-refractivity contribution in [3.8, 4) is 0 Å². The fraction of sp³-hybridized carbons (Fsp3) is 0.480. The van der Waals surface area contributed by atoms with Gasteiger partial charge in [0.25, 0.3) is 0 Å². The molecule has 1 saturated heterocycles. The minimum atomic E-state index is -1.18. The number of amides is 2. The van der Waals surface area contributed by atoms with Crippen molar-refractivity contribution >= 4 is 35.1 Å². The molecule has 34 heavy (non-hydrogen) atoms. The lowest BCUT2D eigenvalue weighted by Gasteiger charge is -2.43. The van der Waals surface area contributed by atoms with Crippen molar-refractivity contribution in [2.45, 2.75) is 70.9 Å². The Hall–Kier alpha value is -3.07. The molecular formula is C25H30N2O6S. The van der Waals surface area contributed by atoms with Crippen LogP contribution in [0.15, 0.2) is 36.5 Å². The van der Waals surface area contributed by atoms with Crippen molar-refractivity contribution in [1.82, 2.24) is 9.88 Å². The van der Waals surface area contributed by atoms with Crippen molar-refractivity contribution in [3.05, 3.63) is 52.0 Å². The number of aliphatic carboxylic acids is 1. The van der Waals surface area contributed by atoms with Gasteiger partial charge in [0.1, 0.15) is 16.7 Å². The van der Waals surface area contributed by atoms with Gasteiger partial charge >= 0.3 is 11.9 Å². The number of aryl methyl sites for hydroxylation is 1. The molecule has 3 atom stereocenters. The molecule has 1 N–H and O–H groups in total. The van der Waals surface area contributed by atoms with E-state index >= 15 is 0 Å². The van der Waals surface area contributed by atoms with Crippen LogP contribution in [0.3, 0.4) is 0 Å². The van der Waals surface area contributed by atoms with Gasteiger partial charge in [0.2, 0.25) is 11.8 Å². The Labute approximate surface area is 202 Å². The van der Waals surface area contributed by atoms with Gasteiger partial charge < -0.3 is 9.84 Å². The Morgan fingerprint density at radius 2 is 1.88 bits per heavy atom. The lowest BCUT2D eigenvalue weighted by molar-refractivity contribution is -0.177. The van der Waals surface area contributed by atoms with Gasteiger partial charge in [-0.1, -0.05) is 37.3 Å².